The molecule has 0 fully saturated rings. The van der Waals surface area contributed by atoms with Gasteiger partial charge in [0, 0.05) is 39.4 Å². The van der Waals surface area contributed by atoms with E-state index in [0.29, 0.717) is 11.4 Å². The molecule has 2 heteroatoms. The summed E-state index contributed by atoms with van der Waals surface area (Å²) in [5.41, 5.74) is 17.8. The molecule has 1 atom stereocenters. The summed E-state index contributed by atoms with van der Waals surface area (Å²) in [4.78, 5) is 4.25. The molecule has 0 saturated heterocycles. The van der Waals surface area contributed by atoms with Crippen LogP contribution in [-0.2, 0) is 10.8 Å². The van der Waals surface area contributed by atoms with Gasteiger partial charge in [-0.15, -0.1) is 0 Å². The summed E-state index contributed by atoms with van der Waals surface area (Å²) >= 11 is 0. The highest BCUT2D eigenvalue weighted by atomic mass is 15.2. The second-order valence-corrected chi connectivity index (χ2v) is 16.5. The van der Waals surface area contributed by atoms with Crippen molar-refractivity contribution in [3.63, 3.8) is 0 Å². The number of fused-ring (bicyclic) bond motifs is 13. The molecule has 60 heavy (non-hydrogen) atoms. The molecule has 0 bridgehead atoms. The van der Waals surface area contributed by atoms with Gasteiger partial charge in [-0.25, -0.2) is 0 Å². The molecule has 0 heterocycles. The maximum Gasteiger partial charge on any atom is 0.0746 e. The first-order valence-corrected chi connectivity index (χ1v) is 20.6. The molecule has 284 valence electrons. The summed E-state index contributed by atoms with van der Waals surface area (Å²) in [6.45, 7) is 4.65. The molecule has 1 spiro atoms. The fraction of sp³-hybridized carbons (Fsp3) is 0.0690. The first-order valence-electron chi connectivity index (χ1n) is 23.1. The van der Waals surface area contributed by atoms with Gasteiger partial charge >= 0.3 is 0 Å². The van der Waals surface area contributed by atoms with Crippen LogP contribution in [0, 0.1) is 0 Å². The SMILES string of the molecule is [2H]c1c([2H])c([2H])c(N(c2ccccc2)c2ccc3c(c2)C2(c4ccccc4-3)c3ccccc3-c3cccc(N(c4ccccc4)c4ccc5c(c4)C(C)(C)c4ccccc4-5)c32)c([2H])c1[2H]. The van der Waals surface area contributed by atoms with Crippen molar-refractivity contribution in [3.05, 3.63) is 252 Å². The van der Waals surface area contributed by atoms with Crippen LogP contribution in [0.3, 0.4) is 0 Å². The van der Waals surface area contributed by atoms with E-state index in [9.17, 15) is 2.74 Å². The van der Waals surface area contributed by atoms with Crippen LogP contribution < -0.4 is 9.80 Å². The van der Waals surface area contributed by atoms with Gasteiger partial charge in [-0.3, -0.25) is 0 Å². The van der Waals surface area contributed by atoms with Gasteiger partial charge in [0.25, 0.3) is 0 Å². The zero-order valence-electron chi connectivity index (χ0n) is 38.3. The number of para-hydroxylation sites is 3. The van der Waals surface area contributed by atoms with E-state index in [1.54, 1.807) is 0 Å². The van der Waals surface area contributed by atoms with Crippen LogP contribution in [0.5, 0.6) is 0 Å². The summed E-state index contributed by atoms with van der Waals surface area (Å²) in [5.74, 6) is 0. The minimum atomic E-state index is -0.814. The zero-order chi connectivity index (χ0) is 44.4. The Kier molecular flexibility index (Phi) is 6.47. The van der Waals surface area contributed by atoms with E-state index in [0.717, 1.165) is 50.4 Å². The van der Waals surface area contributed by atoms with Crippen LogP contribution in [0.25, 0.3) is 33.4 Å². The third-order valence-electron chi connectivity index (χ3n) is 13.1. The minimum Gasteiger partial charge on any atom is -0.310 e. The normalized spacial score (nSPS) is 16.9. The molecular weight excluding hydrogens is 725 g/mol. The average molecular weight is 772 g/mol. The topological polar surface area (TPSA) is 6.48 Å². The Labute approximate surface area is 359 Å². The first-order chi connectivity index (χ1) is 31.6. The minimum absolute atomic E-state index is 0.0940. The third-order valence-corrected chi connectivity index (χ3v) is 13.1. The van der Waals surface area contributed by atoms with Crippen LogP contribution in [0.4, 0.5) is 34.1 Å². The smallest absolute Gasteiger partial charge is 0.0746 e. The highest BCUT2D eigenvalue weighted by molar-refractivity contribution is 6.00. The number of anilines is 6. The Balaban J connectivity index is 1.16. The lowest BCUT2D eigenvalue weighted by atomic mass is 9.69. The van der Waals surface area contributed by atoms with Crippen molar-refractivity contribution in [2.45, 2.75) is 24.7 Å². The molecule has 0 N–H and O–H groups in total. The van der Waals surface area contributed by atoms with Crippen LogP contribution in [0.1, 0.15) is 54.1 Å². The van der Waals surface area contributed by atoms with Crippen molar-refractivity contribution >= 4 is 34.1 Å². The summed E-state index contributed by atoms with van der Waals surface area (Å²) < 4.78 is 44.3. The molecule has 9 aromatic carbocycles. The Bertz CT molecular complexity index is 3400. The Morgan fingerprint density at radius 2 is 0.817 bits per heavy atom. The van der Waals surface area contributed by atoms with Gasteiger partial charge in [-0.05, 0) is 128 Å². The molecule has 0 amide bonds. The zero-order valence-corrected chi connectivity index (χ0v) is 33.3. The van der Waals surface area contributed by atoms with E-state index in [4.69, 9.17) is 4.11 Å². The van der Waals surface area contributed by atoms with E-state index >= 15 is 0 Å². The quantitative estimate of drug-likeness (QED) is 0.166. The number of hydrogen-bond acceptors (Lipinski definition) is 2. The predicted molar refractivity (Wildman–Crippen MR) is 250 cm³/mol. The summed E-state index contributed by atoms with van der Waals surface area (Å²) in [6.07, 6.45) is 0. The van der Waals surface area contributed by atoms with Gasteiger partial charge in [0.05, 0.1) is 18.0 Å². The van der Waals surface area contributed by atoms with Crippen molar-refractivity contribution in [1.82, 2.24) is 0 Å². The van der Waals surface area contributed by atoms with Crippen LogP contribution in [-0.4, -0.2) is 0 Å². The summed E-state index contributed by atoms with van der Waals surface area (Å²) in [6, 6.07) is 64.8. The monoisotopic (exact) mass is 771 g/mol. The van der Waals surface area contributed by atoms with Gasteiger partial charge in [0.1, 0.15) is 0 Å². The van der Waals surface area contributed by atoms with Crippen molar-refractivity contribution in [3.8, 4) is 33.4 Å². The Morgan fingerprint density at radius 3 is 1.47 bits per heavy atom. The summed E-state index contributed by atoms with van der Waals surface area (Å²) in [7, 11) is 0. The fourth-order valence-corrected chi connectivity index (χ4v) is 10.7. The second-order valence-electron chi connectivity index (χ2n) is 16.5. The molecular formula is C58H42N2. The molecule has 0 saturated carbocycles. The van der Waals surface area contributed by atoms with Crippen molar-refractivity contribution in [2.24, 2.45) is 0 Å². The Hall–Kier alpha value is -7.42. The molecule has 0 aliphatic heterocycles. The van der Waals surface area contributed by atoms with E-state index in [1.165, 1.54) is 33.4 Å². The van der Waals surface area contributed by atoms with E-state index in [2.05, 4.69) is 170 Å². The van der Waals surface area contributed by atoms with Gasteiger partial charge in [0.15, 0.2) is 0 Å². The maximum atomic E-state index is 9.20. The number of nitrogens with zero attached hydrogens (tertiary/aromatic N) is 2. The second kappa shape index (κ2) is 13.0. The summed E-state index contributed by atoms with van der Waals surface area (Å²) in [5, 5.41) is 0. The lowest BCUT2D eigenvalue weighted by Crippen LogP contribution is -2.28. The molecule has 1 unspecified atom stereocenters. The van der Waals surface area contributed by atoms with Crippen molar-refractivity contribution in [1.29, 1.82) is 0 Å². The third kappa shape index (κ3) is 4.76. The molecule has 0 radical (unpaired) electrons. The standard InChI is InChI=1S/C58H42N2/c1-57(2)50-29-15-12-25-44(50)47-35-34-43(37-53(47)57)60(41-23-10-5-11-24-41)55-32-18-28-49-46-27-14-17-31-52(46)58(56(49)55)51-30-16-13-26-45(51)48-36-33-42(38-54(48)58)59(39-19-6-3-7-20-39)40-21-8-4-9-22-40/h3-38H,1-2H3/i3D,6D,7D,19D,20D. The first kappa shape index (κ1) is 29.7. The lowest BCUT2D eigenvalue weighted by Gasteiger charge is -2.36. The molecule has 3 aliphatic carbocycles. The van der Waals surface area contributed by atoms with Crippen LogP contribution >= 0.6 is 0 Å². The van der Waals surface area contributed by atoms with Gasteiger partial charge < -0.3 is 9.80 Å². The highest BCUT2D eigenvalue weighted by Crippen LogP contribution is 2.66. The molecule has 3 aliphatic rings. The van der Waals surface area contributed by atoms with E-state index < -0.39 is 11.5 Å². The van der Waals surface area contributed by atoms with Crippen LogP contribution in [0.2, 0.25) is 0 Å². The predicted octanol–water partition coefficient (Wildman–Crippen LogP) is 15.3. The molecule has 9 aromatic rings. The van der Waals surface area contributed by atoms with Gasteiger partial charge in [-0.1, -0.05) is 165 Å². The van der Waals surface area contributed by atoms with E-state index in [1.807, 2.05) is 41.3 Å². The van der Waals surface area contributed by atoms with Crippen molar-refractivity contribution < 1.29 is 6.85 Å². The van der Waals surface area contributed by atoms with Gasteiger partial charge in [0.2, 0.25) is 0 Å². The number of rotatable bonds is 6. The highest BCUT2D eigenvalue weighted by Gasteiger charge is 2.53. The molecule has 2 nitrogen and oxygen atoms in total. The van der Waals surface area contributed by atoms with Crippen LogP contribution in [0.15, 0.2) is 218 Å². The maximum absolute atomic E-state index is 9.20. The largest absolute Gasteiger partial charge is 0.310 e. The molecule has 0 aromatic heterocycles. The van der Waals surface area contributed by atoms with E-state index in [-0.39, 0.29) is 35.3 Å². The van der Waals surface area contributed by atoms with Gasteiger partial charge in [-0.2, -0.15) is 0 Å². The number of hydrogen-bond donors (Lipinski definition) is 0. The number of benzene rings is 9. The average Bonchev–Trinajstić information content (AvgIpc) is 3.90. The lowest BCUT2D eigenvalue weighted by molar-refractivity contribution is 0.660. The Morgan fingerprint density at radius 1 is 0.350 bits per heavy atom. The molecule has 12 rings (SSSR count). The fourth-order valence-electron chi connectivity index (χ4n) is 10.7. The van der Waals surface area contributed by atoms with Crippen molar-refractivity contribution in [2.75, 3.05) is 9.80 Å².